The largest absolute Gasteiger partial charge is 0.573 e. The van der Waals surface area contributed by atoms with Crippen LogP contribution in [0.1, 0.15) is 16.3 Å². The predicted octanol–water partition coefficient (Wildman–Crippen LogP) is 4.40. The molecular formula is C19H14F3NO5S. The van der Waals surface area contributed by atoms with Crippen LogP contribution < -0.4 is 10.1 Å². The number of amides is 1. The smallest absolute Gasteiger partial charge is 0.455 e. The van der Waals surface area contributed by atoms with Gasteiger partial charge in [-0.1, -0.05) is 24.3 Å². The van der Waals surface area contributed by atoms with Crippen LogP contribution in [0.15, 0.2) is 76.0 Å². The van der Waals surface area contributed by atoms with Gasteiger partial charge in [0.2, 0.25) is 0 Å². The summed E-state index contributed by atoms with van der Waals surface area (Å²) in [4.78, 5) is 12.4. The Hall–Kier alpha value is -3.27. The van der Waals surface area contributed by atoms with E-state index in [4.69, 9.17) is 4.42 Å². The van der Waals surface area contributed by atoms with Crippen molar-refractivity contribution in [3.05, 3.63) is 78.3 Å². The molecule has 10 heteroatoms. The third-order valence-corrected chi connectivity index (χ3v) is 5.30. The van der Waals surface area contributed by atoms with Crippen molar-refractivity contribution in [3.63, 3.8) is 0 Å². The van der Waals surface area contributed by atoms with Crippen molar-refractivity contribution in [1.29, 1.82) is 0 Å². The topological polar surface area (TPSA) is 85.6 Å². The Balaban J connectivity index is 1.69. The van der Waals surface area contributed by atoms with Crippen LogP contribution in [0.25, 0.3) is 0 Å². The molecule has 0 atom stereocenters. The van der Waals surface area contributed by atoms with Crippen molar-refractivity contribution in [3.8, 4) is 5.75 Å². The first-order valence-corrected chi connectivity index (χ1v) is 9.81. The average Bonchev–Trinajstić information content (AvgIpc) is 3.09. The van der Waals surface area contributed by atoms with Crippen molar-refractivity contribution in [1.82, 2.24) is 0 Å². The molecule has 0 bridgehead atoms. The highest BCUT2D eigenvalue weighted by Crippen LogP contribution is 2.25. The molecule has 3 rings (SSSR count). The first-order valence-electron chi connectivity index (χ1n) is 8.16. The van der Waals surface area contributed by atoms with Gasteiger partial charge in [-0.05, 0) is 36.4 Å². The molecule has 3 aromatic rings. The fraction of sp³-hybridized carbons (Fsp3) is 0.105. The number of benzene rings is 2. The monoisotopic (exact) mass is 425 g/mol. The zero-order valence-corrected chi connectivity index (χ0v) is 15.5. The second-order valence-electron chi connectivity index (χ2n) is 5.87. The van der Waals surface area contributed by atoms with Gasteiger partial charge < -0.3 is 14.5 Å². The Morgan fingerprint density at radius 2 is 1.72 bits per heavy atom. The number of hydrogen-bond acceptors (Lipinski definition) is 5. The van der Waals surface area contributed by atoms with Crippen molar-refractivity contribution >= 4 is 21.4 Å². The molecule has 0 aliphatic heterocycles. The normalized spacial score (nSPS) is 11.8. The second-order valence-corrected chi connectivity index (χ2v) is 7.86. The van der Waals surface area contributed by atoms with Gasteiger partial charge in [-0.2, -0.15) is 0 Å². The Morgan fingerprint density at radius 3 is 2.41 bits per heavy atom. The quantitative estimate of drug-likeness (QED) is 0.633. The van der Waals surface area contributed by atoms with E-state index in [1.807, 2.05) is 0 Å². The highest BCUT2D eigenvalue weighted by atomic mass is 32.2. The Morgan fingerprint density at radius 1 is 1.00 bits per heavy atom. The molecule has 1 amide bonds. The van der Waals surface area contributed by atoms with E-state index in [-0.39, 0.29) is 22.1 Å². The molecule has 1 heterocycles. The van der Waals surface area contributed by atoms with E-state index in [9.17, 15) is 26.4 Å². The van der Waals surface area contributed by atoms with Gasteiger partial charge in [0.05, 0.1) is 4.90 Å². The lowest BCUT2D eigenvalue weighted by Crippen LogP contribution is -2.17. The lowest BCUT2D eigenvalue weighted by Gasteiger charge is -2.10. The predicted molar refractivity (Wildman–Crippen MR) is 97.1 cm³/mol. The summed E-state index contributed by atoms with van der Waals surface area (Å²) < 4.78 is 70.6. The molecule has 2 aromatic carbocycles. The molecule has 0 saturated heterocycles. The number of anilines is 1. The number of hydrogen-bond donors (Lipinski definition) is 1. The number of ether oxygens (including phenoxy) is 1. The highest BCUT2D eigenvalue weighted by Gasteiger charge is 2.31. The van der Waals surface area contributed by atoms with Gasteiger partial charge in [0, 0.05) is 11.8 Å². The number of furan rings is 1. The fourth-order valence-electron chi connectivity index (χ4n) is 2.44. The first kappa shape index (κ1) is 20.5. The standard InChI is InChI=1S/C19H14F3NO5S/c20-19(21,22)28-14-6-4-5-13(11-14)23-18(24)17-10-9-15(27-17)12-29(25,26)16-7-2-1-3-8-16/h1-11H,12H2,(H,23,24). The Labute approximate surface area is 163 Å². The molecule has 0 radical (unpaired) electrons. The molecule has 0 spiro atoms. The molecule has 0 aliphatic rings. The summed E-state index contributed by atoms with van der Waals surface area (Å²) in [6, 6.07) is 15.1. The maximum atomic E-state index is 12.4. The van der Waals surface area contributed by atoms with Crippen LogP contribution in [-0.2, 0) is 15.6 Å². The van der Waals surface area contributed by atoms with Crippen molar-refractivity contribution in [2.45, 2.75) is 17.0 Å². The van der Waals surface area contributed by atoms with Crippen LogP contribution in [0.2, 0.25) is 0 Å². The highest BCUT2D eigenvalue weighted by molar-refractivity contribution is 7.90. The number of sulfone groups is 1. The van der Waals surface area contributed by atoms with Gasteiger partial charge in [0.1, 0.15) is 17.3 Å². The van der Waals surface area contributed by atoms with Crippen LogP contribution in [0.3, 0.4) is 0 Å². The van der Waals surface area contributed by atoms with Crippen LogP contribution in [-0.4, -0.2) is 20.7 Å². The van der Waals surface area contributed by atoms with E-state index in [1.165, 1.54) is 36.4 Å². The zero-order valence-electron chi connectivity index (χ0n) is 14.6. The van der Waals surface area contributed by atoms with Crippen LogP contribution >= 0.6 is 0 Å². The maximum absolute atomic E-state index is 12.4. The number of carbonyl (C=O) groups is 1. The van der Waals surface area contributed by atoms with Crippen molar-refractivity contribution in [2.24, 2.45) is 0 Å². The van der Waals surface area contributed by atoms with Gasteiger partial charge >= 0.3 is 6.36 Å². The first-order chi connectivity index (χ1) is 13.6. The fourth-order valence-corrected chi connectivity index (χ4v) is 3.71. The molecule has 1 N–H and O–H groups in total. The molecule has 1 aromatic heterocycles. The van der Waals surface area contributed by atoms with E-state index in [1.54, 1.807) is 18.2 Å². The van der Waals surface area contributed by atoms with E-state index in [0.29, 0.717) is 0 Å². The summed E-state index contributed by atoms with van der Waals surface area (Å²) in [5.74, 6) is -1.83. The van der Waals surface area contributed by atoms with Crippen LogP contribution in [0.4, 0.5) is 18.9 Å². The summed E-state index contributed by atoms with van der Waals surface area (Å²) in [6.45, 7) is 0. The molecule has 0 saturated carbocycles. The molecule has 0 fully saturated rings. The lowest BCUT2D eigenvalue weighted by molar-refractivity contribution is -0.274. The SMILES string of the molecule is O=C(Nc1cccc(OC(F)(F)F)c1)c1ccc(CS(=O)(=O)c2ccccc2)o1. The van der Waals surface area contributed by atoms with Crippen molar-refractivity contribution in [2.75, 3.05) is 5.32 Å². The molecule has 0 unspecified atom stereocenters. The maximum Gasteiger partial charge on any atom is 0.573 e. The van der Waals surface area contributed by atoms with E-state index in [0.717, 1.165) is 12.1 Å². The van der Waals surface area contributed by atoms with Gasteiger partial charge in [0.25, 0.3) is 5.91 Å². The summed E-state index contributed by atoms with van der Waals surface area (Å²) in [6.07, 6.45) is -4.86. The third-order valence-electron chi connectivity index (χ3n) is 3.65. The average molecular weight is 425 g/mol. The molecule has 152 valence electrons. The van der Waals surface area contributed by atoms with Crippen LogP contribution in [0.5, 0.6) is 5.75 Å². The minimum Gasteiger partial charge on any atom is -0.455 e. The number of rotatable bonds is 6. The van der Waals surface area contributed by atoms with Crippen LogP contribution in [0, 0.1) is 0 Å². The second kappa shape index (κ2) is 8.00. The minimum absolute atomic E-state index is 0.0478. The van der Waals surface area contributed by atoms with E-state index >= 15 is 0 Å². The third kappa shape index (κ3) is 5.61. The number of alkyl halides is 3. The van der Waals surface area contributed by atoms with Gasteiger partial charge in [0.15, 0.2) is 15.6 Å². The summed E-state index contributed by atoms with van der Waals surface area (Å²) in [7, 11) is -3.66. The minimum atomic E-state index is -4.86. The summed E-state index contributed by atoms with van der Waals surface area (Å²) >= 11 is 0. The van der Waals surface area contributed by atoms with E-state index < -0.39 is 33.6 Å². The van der Waals surface area contributed by atoms with Gasteiger partial charge in [-0.15, -0.1) is 13.2 Å². The Kier molecular flexibility index (Phi) is 5.64. The molecular weight excluding hydrogens is 411 g/mol. The van der Waals surface area contributed by atoms with Crippen molar-refractivity contribution < 1.29 is 35.5 Å². The molecule has 29 heavy (non-hydrogen) atoms. The lowest BCUT2D eigenvalue weighted by atomic mass is 10.3. The number of halogens is 3. The summed E-state index contributed by atoms with van der Waals surface area (Å²) in [5, 5.41) is 2.36. The van der Waals surface area contributed by atoms with E-state index in [2.05, 4.69) is 10.1 Å². The molecule has 6 nitrogen and oxygen atoms in total. The zero-order chi connectivity index (χ0) is 21.1. The summed E-state index contributed by atoms with van der Waals surface area (Å²) in [5.41, 5.74) is 0.0478. The molecule has 0 aliphatic carbocycles. The number of carbonyl (C=O) groups excluding carboxylic acids is 1. The van der Waals surface area contributed by atoms with Gasteiger partial charge in [-0.25, -0.2) is 8.42 Å². The van der Waals surface area contributed by atoms with Gasteiger partial charge in [-0.3, -0.25) is 4.79 Å². The Bertz CT molecular complexity index is 1110. The number of nitrogens with one attached hydrogen (secondary N) is 1.